The van der Waals surface area contributed by atoms with Crippen molar-refractivity contribution in [1.82, 2.24) is 19.6 Å². The third-order valence-electron chi connectivity index (χ3n) is 2.56. The van der Waals surface area contributed by atoms with E-state index in [-0.39, 0.29) is 10.9 Å². The Balaban J connectivity index is 2.61. The summed E-state index contributed by atoms with van der Waals surface area (Å²) >= 11 is 2.55. The highest BCUT2D eigenvalue weighted by atomic mass is 79.9. The predicted octanol–water partition coefficient (Wildman–Crippen LogP) is 1.56. The van der Waals surface area contributed by atoms with E-state index < -0.39 is 8.27 Å². The van der Waals surface area contributed by atoms with Gasteiger partial charge in [-0.15, -0.1) is 5.10 Å². The SMILES string of the molecule is CCCCc1cc(OC)nc2nc(S(=O)(=O)Br)nn12. The second kappa shape index (κ2) is 5.41. The average Bonchev–Trinajstić information content (AvgIpc) is 2.79. The van der Waals surface area contributed by atoms with Crippen LogP contribution in [-0.2, 0) is 14.7 Å². The van der Waals surface area contributed by atoms with Gasteiger partial charge in [0.05, 0.1) is 27.6 Å². The van der Waals surface area contributed by atoms with E-state index in [1.54, 1.807) is 6.07 Å². The van der Waals surface area contributed by atoms with Crippen molar-refractivity contribution in [3.8, 4) is 5.88 Å². The first-order valence-corrected chi connectivity index (χ1v) is 9.03. The Morgan fingerprint density at radius 2 is 2.16 bits per heavy atom. The molecule has 0 aromatic carbocycles. The van der Waals surface area contributed by atoms with Crippen LogP contribution in [0, 0.1) is 0 Å². The maximum Gasteiger partial charge on any atom is 0.280 e. The summed E-state index contributed by atoms with van der Waals surface area (Å²) in [6.45, 7) is 2.07. The van der Waals surface area contributed by atoms with Crippen molar-refractivity contribution in [2.45, 2.75) is 31.3 Å². The molecule has 0 atom stereocenters. The molecule has 0 bridgehead atoms. The van der Waals surface area contributed by atoms with Gasteiger partial charge in [0, 0.05) is 6.07 Å². The van der Waals surface area contributed by atoms with Crippen LogP contribution in [-0.4, -0.2) is 35.1 Å². The number of aryl methyl sites for hydroxylation is 1. The second-order valence-electron chi connectivity index (χ2n) is 3.94. The number of hydrogen-bond donors (Lipinski definition) is 0. The van der Waals surface area contributed by atoms with Crippen LogP contribution in [0.25, 0.3) is 5.78 Å². The Morgan fingerprint density at radius 1 is 1.42 bits per heavy atom. The minimum Gasteiger partial charge on any atom is -0.481 e. The third kappa shape index (κ3) is 3.03. The highest BCUT2D eigenvalue weighted by Crippen LogP contribution is 2.18. The molecule has 0 amide bonds. The fourth-order valence-corrected chi connectivity index (χ4v) is 2.41. The highest BCUT2D eigenvalue weighted by molar-refractivity contribution is 9.47. The van der Waals surface area contributed by atoms with E-state index in [1.807, 2.05) is 0 Å². The van der Waals surface area contributed by atoms with Gasteiger partial charge in [0.25, 0.3) is 19.2 Å². The van der Waals surface area contributed by atoms with E-state index >= 15 is 0 Å². The molecule has 0 N–H and O–H groups in total. The maximum atomic E-state index is 11.4. The monoisotopic (exact) mass is 348 g/mol. The van der Waals surface area contributed by atoms with Crippen molar-refractivity contribution in [1.29, 1.82) is 0 Å². The topological polar surface area (TPSA) is 86.5 Å². The number of methoxy groups -OCH3 is 1. The highest BCUT2D eigenvalue weighted by Gasteiger charge is 2.19. The van der Waals surface area contributed by atoms with Crippen LogP contribution < -0.4 is 4.74 Å². The summed E-state index contributed by atoms with van der Waals surface area (Å²) < 4.78 is 29.3. The van der Waals surface area contributed by atoms with Crippen LogP contribution in [0.5, 0.6) is 5.88 Å². The van der Waals surface area contributed by atoms with E-state index in [0.717, 1.165) is 25.0 Å². The molecule has 0 saturated heterocycles. The Labute approximate surface area is 118 Å². The molecule has 104 valence electrons. The molecule has 0 fully saturated rings. The summed E-state index contributed by atoms with van der Waals surface area (Å²) in [5.74, 6) is 0.605. The number of hydrogen-bond acceptors (Lipinski definition) is 6. The minimum absolute atomic E-state index is 0.212. The number of ether oxygens (including phenoxy) is 1. The standard InChI is InChI=1S/C10H13BrN4O3S/c1-3-4-5-7-6-8(18-2)12-9-13-10(14-15(7)9)19(11,16)17/h6H,3-5H2,1-2H3. The van der Waals surface area contributed by atoms with Gasteiger partial charge in [-0.05, 0) is 12.8 Å². The summed E-state index contributed by atoms with van der Waals surface area (Å²) in [5, 5.41) is 3.66. The van der Waals surface area contributed by atoms with Gasteiger partial charge in [-0.1, -0.05) is 13.3 Å². The lowest BCUT2D eigenvalue weighted by Gasteiger charge is -2.05. The third-order valence-corrected chi connectivity index (χ3v) is 4.03. The molecule has 0 unspecified atom stereocenters. The molecule has 19 heavy (non-hydrogen) atoms. The van der Waals surface area contributed by atoms with E-state index in [2.05, 4.69) is 36.8 Å². The Kier molecular flexibility index (Phi) is 4.04. The predicted molar refractivity (Wildman–Crippen MR) is 72.1 cm³/mol. The van der Waals surface area contributed by atoms with Crippen LogP contribution in [0.15, 0.2) is 11.2 Å². The van der Waals surface area contributed by atoms with Crippen molar-refractivity contribution in [2.75, 3.05) is 7.11 Å². The van der Waals surface area contributed by atoms with E-state index in [9.17, 15) is 8.42 Å². The van der Waals surface area contributed by atoms with E-state index in [4.69, 9.17) is 4.74 Å². The molecule has 9 heteroatoms. The molecule has 2 aromatic rings. The zero-order valence-electron chi connectivity index (χ0n) is 10.5. The number of nitrogens with zero attached hydrogens (tertiary/aromatic N) is 4. The maximum absolute atomic E-state index is 11.4. The second-order valence-corrected chi connectivity index (χ2v) is 7.74. The molecule has 0 aliphatic carbocycles. The van der Waals surface area contributed by atoms with Gasteiger partial charge in [0.15, 0.2) is 0 Å². The Hall–Kier alpha value is -1.22. The zero-order valence-corrected chi connectivity index (χ0v) is 12.9. The fraction of sp³-hybridized carbons (Fsp3) is 0.500. The van der Waals surface area contributed by atoms with Crippen LogP contribution >= 0.6 is 14.8 Å². The first-order valence-electron chi connectivity index (χ1n) is 5.71. The van der Waals surface area contributed by atoms with Gasteiger partial charge < -0.3 is 4.74 Å². The van der Waals surface area contributed by atoms with Gasteiger partial charge >= 0.3 is 0 Å². The quantitative estimate of drug-likeness (QED) is 0.762. The Bertz CT molecular complexity index is 698. The van der Waals surface area contributed by atoms with Gasteiger partial charge in [0.1, 0.15) is 0 Å². The Morgan fingerprint density at radius 3 is 2.74 bits per heavy atom. The normalized spacial score (nSPS) is 11.9. The van der Waals surface area contributed by atoms with Crippen LogP contribution in [0.3, 0.4) is 0 Å². The number of fused-ring (bicyclic) bond motifs is 1. The lowest BCUT2D eigenvalue weighted by Crippen LogP contribution is -2.03. The van der Waals surface area contributed by atoms with Crippen molar-refractivity contribution in [2.24, 2.45) is 0 Å². The molecule has 0 radical (unpaired) electrons. The molecule has 0 saturated carbocycles. The smallest absolute Gasteiger partial charge is 0.280 e. The molecular weight excluding hydrogens is 336 g/mol. The molecule has 7 nitrogen and oxygen atoms in total. The average molecular weight is 349 g/mol. The van der Waals surface area contributed by atoms with Crippen LogP contribution in [0.1, 0.15) is 25.5 Å². The van der Waals surface area contributed by atoms with Crippen LogP contribution in [0.4, 0.5) is 0 Å². The van der Waals surface area contributed by atoms with E-state index in [0.29, 0.717) is 5.88 Å². The number of rotatable bonds is 5. The summed E-state index contributed by atoms with van der Waals surface area (Å²) in [7, 11) is -2.13. The van der Waals surface area contributed by atoms with E-state index in [1.165, 1.54) is 11.6 Å². The number of halogens is 1. The number of aromatic nitrogens is 4. The fourth-order valence-electron chi connectivity index (χ4n) is 1.63. The molecular formula is C10H13BrN4O3S. The summed E-state index contributed by atoms with van der Waals surface area (Å²) in [4.78, 5) is 7.97. The zero-order chi connectivity index (χ0) is 14.0. The lowest BCUT2D eigenvalue weighted by atomic mass is 10.2. The molecule has 2 rings (SSSR count). The van der Waals surface area contributed by atoms with Gasteiger partial charge in [-0.3, -0.25) is 0 Å². The first-order chi connectivity index (χ1) is 8.95. The molecule has 2 aromatic heterocycles. The lowest BCUT2D eigenvalue weighted by molar-refractivity contribution is 0.396. The molecule has 0 aliphatic heterocycles. The first kappa shape index (κ1) is 14.2. The van der Waals surface area contributed by atoms with Gasteiger partial charge in [-0.25, -0.2) is 8.42 Å². The van der Waals surface area contributed by atoms with Crippen molar-refractivity contribution in [3.63, 3.8) is 0 Å². The minimum atomic E-state index is -3.63. The van der Waals surface area contributed by atoms with Gasteiger partial charge in [-0.2, -0.15) is 14.5 Å². The largest absolute Gasteiger partial charge is 0.481 e. The van der Waals surface area contributed by atoms with Crippen LogP contribution in [0.2, 0.25) is 0 Å². The summed E-state index contributed by atoms with van der Waals surface area (Å²) in [5.41, 5.74) is 0.818. The van der Waals surface area contributed by atoms with Gasteiger partial charge in [0.2, 0.25) is 5.88 Å². The molecule has 2 heterocycles. The van der Waals surface area contributed by atoms with Crippen molar-refractivity contribution in [3.05, 3.63) is 11.8 Å². The summed E-state index contributed by atoms with van der Waals surface area (Å²) in [6.07, 6.45) is 2.72. The summed E-state index contributed by atoms with van der Waals surface area (Å²) in [6, 6.07) is 1.74. The number of unbranched alkanes of at least 4 members (excludes halogenated alkanes) is 1. The van der Waals surface area contributed by atoms with Crippen molar-refractivity contribution >= 4 is 28.9 Å². The van der Waals surface area contributed by atoms with Crippen molar-refractivity contribution < 1.29 is 13.2 Å². The molecule has 0 aliphatic rings. The molecule has 0 spiro atoms.